The van der Waals surface area contributed by atoms with Crippen LogP contribution in [0, 0.1) is 5.82 Å². The second kappa shape index (κ2) is 9.02. The molecule has 0 spiro atoms. The van der Waals surface area contributed by atoms with Gasteiger partial charge in [0.1, 0.15) is 10.7 Å². The molecule has 0 aliphatic carbocycles. The lowest BCUT2D eigenvalue weighted by Crippen LogP contribution is -2.36. The van der Waals surface area contributed by atoms with Crippen LogP contribution in [0.4, 0.5) is 10.1 Å². The van der Waals surface area contributed by atoms with E-state index in [0.717, 1.165) is 37.8 Å². The molecule has 2 aromatic rings. The molecule has 4 rings (SSSR count). The first-order chi connectivity index (χ1) is 14.9. The van der Waals surface area contributed by atoms with Crippen molar-refractivity contribution in [1.29, 1.82) is 0 Å². The maximum atomic E-state index is 14.4. The van der Waals surface area contributed by atoms with E-state index in [0.29, 0.717) is 37.8 Å². The zero-order valence-corrected chi connectivity index (χ0v) is 18.3. The van der Waals surface area contributed by atoms with Crippen molar-refractivity contribution in [3.63, 3.8) is 0 Å². The molecule has 0 saturated carbocycles. The van der Waals surface area contributed by atoms with Gasteiger partial charge in [-0.25, -0.2) is 12.8 Å². The highest BCUT2D eigenvalue weighted by molar-refractivity contribution is 7.89. The van der Waals surface area contributed by atoms with E-state index in [9.17, 15) is 17.6 Å². The fourth-order valence-electron chi connectivity index (χ4n) is 3.56. The number of rotatable bonds is 4. The molecule has 0 atom stereocenters. The van der Waals surface area contributed by atoms with E-state index >= 15 is 0 Å². The minimum absolute atomic E-state index is 0.000150. The lowest BCUT2D eigenvalue weighted by Gasteiger charge is -2.26. The van der Waals surface area contributed by atoms with E-state index in [4.69, 9.17) is 21.1 Å². The average molecular weight is 469 g/mol. The number of piperidine rings is 1. The molecule has 7 nitrogen and oxygen atoms in total. The number of carbonyl (C=O) groups is 1. The number of nitrogens with one attached hydrogen (secondary N) is 1. The van der Waals surface area contributed by atoms with E-state index in [1.54, 1.807) is 12.1 Å². The highest BCUT2D eigenvalue weighted by Gasteiger charge is 2.29. The quantitative estimate of drug-likeness (QED) is 0.731. The molecule has 166 valence electrons. The van der Waals surface area contributed by atoms with Gasteiger partial charge in [-0.05, 0) is 31.0 Å². The Morgan fingerprint density at radius 2 is 1.68 bits per heavy atom. The first-order valence-corrected chi connectivity index (χ1v) is 11.9. The summed E-state index contributed by atoms with van der Waals surface area (Å²) in [7, 11) is -4.03. The fourth-order valence-corrected chi connectivity index (χ4v) is 5.37. The molecule has 0 unspecified atom stereocenters. The van der Waals surface area contributed by atoms with Crippen molar-refractivity contribution in [3.05, 3.63) is 46.7 Å². The van der Waals surface area contributed by atoms with Crippen molar-refractivity contribution >= 4 is 33.2 Å². The molecule has 2 aromatic carbocycles. The number of anilines is 1. The van der Waals surface area contributed by atoms with Gasteiger partial charge in [-0.2, -0.15) is 4.31 Å². The van der Waals surface area contributed by atoms with Crippen LogP contribution in [0.3, 0.4) is 0 Å². The Bertz CT molecular complexity index is 1100. The third-order valence-electron chi connectivity index (χ3n) is 5.21. The van der Waals surface area contributed by atoms with Gasteiger partial charge >= 0.3 is 0 Å². The van der Waals surface area contributed by atoms with E-state index in [-0.39, 0.29) is 16.3 Å². The third-order valence-corrected chi connectivity index (χ3v) is 7.44. The Hall–Kier alpha value is -2.36. The van der Waals surface area contributed by atoms with Crippen LogP contribution < -0.4 is 14.8 Å². The summed E-state index contributed by atoms with van der Waals surface area (Å²) in [6.07, 6.45) is 3.11. The zero-order chi connectivity index (χ0) is 22.0. The van der Waals surface area contributed by atoms with Crippen molar-refractivity contribution in [2.24, 2.45) is 0 Å². The topological polar surface area (TPSA) is 84.9 Å². The van der Waals surface area contributed by atoms with Crippen LogP contribution in [-0.4, -0.2) is 44.9 Å². The zero-order valence-electron chi connectivity index (χ0n) is 16.7. The number of sulfonamides is 1. The molecule has 1 saturated heterocycles. The van der Waals surface area contributed by atoms with E-state index in [2.05, 4.69) is 5.32 Å². The van der Waals surface area contributed by atoms with Crippen molar-refractivity contribution in [2.45, 2.75) is 30.6 Å². The summed E-state index contributed by atoms with van der Waals surface area (Å²) in [6, 6.07) is 6.38. The van der Waals surface area contributed by atoms with Crippen LogP contribution in [0.15, 0.2) is 35.2 Å². The fraction of sp³-hybridized carbons (Fsp3) is 0.381. The molecular weight excluding hydrogens is 447 g/mol. The second-order valence-corrected chi connectivity index (χ2v) is 9.71. The van der Waals surface area contributed by atoms with E-state index in [1.807, 2.05) is 0 Å². The normalized spacial score (nSPS) is 17.1. The summed E-state index contributed by atoms with van der Waals surface area (Å²) in [5.74, 6) is -0.580. The summed E-state index contributed by atoms with van der Waals surface area (Å²) in [4.78, 5) is 12.3. The molecule has 31 heavy (non-hydrogen) atoms. The number of hydrogen-bond acceptors (Lipinski definition) is 5. The smallest absolute Gasteiger partial charge is 0.255 e. The van der Waals surface area contributed by atoms with Crippen LogP contribution in [0.1, 0.15) is 36.0 Å². The number of amides is 1. The molecule has 1 amide bonds. The molecule has 0 aromatic heterocycles. The van der Waals surface area contributed by atoms with Crippen molar-refractivity contribution in [3.8, 4) is 11.5 Å². The maximum Gasteiger partial charge on any atom is 0.255 e. The lowest BCUT2D eigenvalue weighted by atomic mass is 10.2. The summed E-state index contributed by atoms with van der Waals surface area (Å²) in [5, 5.41) is 2.87. The molecule has 10 heteroatoms. The number of carbonyl (C=O) groups excluding carboxylic acids is 1. The van der Waals surface area contributed by atoms with Crippen LogP contribution in [-0.2, 0) is 10.0 Å². The Labute approximate surface area is 185 Å². The monoisotopic (exact) mass is 468 g/mol. The molecule has 2 aliphatic rings. The molecule has 1 N–H and O–H groups in total. The molecule has 2 heterocycles. The lowest BCUT2D eigenvalue weighted by molar-refractivity contribution is 0.102. The summed E-state index contributed by atoms with van der Waals surface area (Å²) in [5.41, 5.74) is 0.279. The van der Waals surface area contributed by atoms with Gasteiger partial charge in [0.05, 0.1) is 23.9 Å². The number of hydrogen-bond donors (Lipinski definition) is 1. The minimum Gasteiger partial charge on any atom is -0.490 e. The Balaban J connectivity index is 1.60. The summed E-state index contributed by atoms with van der Waals surface area (Å²) >= 11 is 6.26. The van der Waals surface area contributed by atoms with Gasteiger partial charge in [0.25, 0.3) is 5.91 Å². The summed E-state index contributed by atoms with van der Waals surface area (Å²) < 4.78 is 52.6. The number of ether oxygens (including phenoxy) is 2. The number of nitrogens with zero attached hydrogens (tertiary/aromatic N) is 1. The van der Waals surface area contributed by atoms with E-state index in [1.165, 1.54) is 10.4 Å². The SMILES string of the molecule is O=C(Nc1cc2c(cc1Cl)OCCCO2)c1ccc(F)c(S(=O)(=O)N2CCCCC2)c1. The minimum atomic E-state index is -4.03. The predicted molar refractivity (Wildman–Crippen MR) is 114 cm³/mol. The number of fused-ring (bicyclic) bond motifs is 1. The number of benzene rings is 2. The Morgan fingerprint density at radius 1 is 1.00 bits per heavy atom. The third kappa shape index (κ3) is 4.63. The second-order valence-electron chi connectivity index (χ2n) is 7.39. The predicted octanol–water partition coefficient (Wildman–Crippen LogP) is 4.07. The van der Waals surface area contributed by atoms with Crippen LogP contribution in [0.2, 0.25) is 5.02 Å². The van der Waals surface area contributed by atoms with E-state index < -0.39 is 26.6 Å². The first kappa shape index (κ1) is 21.9. The molecule has 0 bridgehead atoms. The molecule has 0 radical (unpaired) electrons. The standard InChI is InChI=1S/C21H22ClFN2O5S/c22-15-12-18-19(30-10-4-9-29-18)13-17(15)24-21(26)14-5-6-16(23)20(11-14)31(27,28)25-7-2-1-3-8-25/h5-6,11-13H,1-4,7-10H2,(H,24,26). The highest BCUT2D eigenvalue weighted by Crippen LogP contribution is 2.38. The van der Waals surface area contributed by atoms with Gasteiger partial charge in [-0.1, -0.05) is 18.0 Å². The summed E-state index contributed by atoms with van der Waals surface area (Å²) in [6.45, 7) is 1.65. The van der Waals surface area contributed by atoms with Gasteiger partial charge in [0.2, 0.25) is 10.0 Å². The Morgan fingerprint density at radius 3 is 2.39 bits per heavy atom. The Kier molecular flexibility index (Phi) is 6.36. The van der Waals surface area contributed by atoms with Crippen molar-refractivity contribution in [2.75, 3.05) is 31.6 Å². The average Bonchev–Trinajstić information content (AvgIpc) is 2.99. The van der Waals surface area contributed by atoms with Gasteiger partial charge in [-0.15, -0.1) is 0 Å². The highest BCUT2D eigenvalue weighted by atomic mass is 35.5. The maximum absolute atomic E-state index is 14.4. The number of halogens is 2. The van der Waals surface area contributed by atoms with Gasteiger partial charge in [0, 0.05) is 37.2 Å². The van der Waals surface area contributed by atoms with Crippen LogP contribution in [0.25, 0.3) is 0 Å². The van der Waals surface area contributed by atoms with Crippen LogP contribution in [0.5, 0.6) is 11.5 Å². The van der Waals surface area contributed by atoms with Gasteiger partial charge in [0.15, 0.2) is 11.5 Å². The molecule has 2 aliphatic heterocycles. The van der Waals surface area contributed by atoms with Crippen molar-refractivity contribution < 1.29 is 27.1 Å². The van der Waals surface area contributed by atoms with Gasteiger partial charge in [-0.3, -0.25) is 4.79 Å². The first-order valence-electron chi connectivity index (χ1n) is 10.1. The van der Waals surface area contributed by atoms with Crippen molar-refractivity contribution in [1.82, 2.24) is 4.31 Å². The molecule has 1 fully saturated rings. The van der Waals surface area contributed by atoms with Gasteiger partial charge < -0.3 is 14.8 Å². The largest absolute Gasteiger partial charge is 0.490 e. The molecular formula is C21H22ClFN2O5S. The van der Waals surface area contributed by atoms with Crippen LogP contribution >= 0.6 is 11.6 Å².